The minimum atomic E-state index is 0.124. The average molecular weight is 258 g/mol. The number of unbranched alkanes of at least 4 members (excludes halogenated alkanes) is 3. The number of aliphatic hydroxyl groups is 1. The SMILES string of the molecule is OCCCCCCNCc1ccc(O)c(Cl)c1. The van der Waals surface area contributed by atoms with Crippen molar-refractivity contribution in [3.05, 3.63) is 28.8 Å². The van der Waals surface area contributed by atoms with Crippen molar-refractivity contribution in [1.29, 1.82) is 0 Å². The fraction of sp³-hybridized carbons (Fsp3) is 0.538. The maximum absolute atomic E-state index is 9.26. The topological polar surface area (TPSA) is 52.5 Å². The van der Waals surface area contributed by atoms with E-state index in [0.717, 1.165) is 44.3 Å². The largest absolute Gasteiger partial charge is 0.506 e. The molecule has 0 radical (unpaired) electrons. The summed E-state index contributed by atoms with van der Waals surface area (Å²) in [5.74, 6) is 0.124. The Morgan fingerprint density at radius 2 is 1.88 bits per heavy atom. The molecule has 0 aliphatic heterocycles. The third-order valence-corrected chi connectivity index (χ3v) is 2.91. The molecule has 3 N–H and O–H groups in total. The van der Waals surface area contributed by atoms with Gasteiger partial charge in [0.2, 0.25) is 0 Å². The lowest BCUT2D eigenvalue weighted by Gasteiger charge is -2.06. The minimum Gasteiger partial charge on any atom is -0.506 e. The summed E-state index contributed by atoms with van der Waals surface area (Å²) in [6, 6.07) is 5.25. The van der Waals surface area contributed by atoms with Crippen LogP contribution in [0, 0.1) is 0 Å². The molecule has 0 saturated heterocycles. The summed E-state index contributed by atoms with van der Waals surface area (Å²) >= 11 is 5.81. The van der Waals surface area contributed by atoms with Crippen LogP contribution < -0.4 is 5.32 Å². The molecule has 0 heterocycles. The van der Waals surface area contributed by atoms with Gasteiger partial charge < -0.3 is 15.5 Å². The van der Waals surface area contributed by atoms with Crippen molar-refractivity contribution in [2.75, 3.05) is 13.2 Å². The van der Waals surface area contributed by atoms with E-state index in [1.165, 1.54) is 0 Å². The fourth-order valence-electron chi connectivity index (χ4n) is 1.61. The smallest absolute Gasteiger partial charge is 0.134 e. The molecular formula is C13H20ClNO2. The molecule has 17 heavy (non-hydrogen) atoms. The van der Waals surface area contributed by atoms with Crippen molar-refractivity contribution in [3.8, 4) is 5.75 Å². The zero-order valence-electron chi connectivity index (χ0n) is 9.95. The van der Waals surface area contributed by atoms with E-state index in [1.807, 2.05) is 6.07 Å². The average Bonchev–Trinajstić information content (AvgIpc) is 2.32. The van der Waals surface area contributed by atoms with Crippen LogP contribution in [0.5, 0.6) is 5.75 Å². The Kier molecular flexibility index (Phi) is 7.01. The number of benzene rings is 1. The third-order valence-electron chi connectivity index (χ3n) is 2.60. The molecule has 0 aliphatic carbocycles. The maximum atomic E-state index is 9.26. The van der Waals surface area contributed by atoms with Crippen LogP contribution in [0.2, 0.25) is 5.02 Å². The van der Waals surface area contributed by atoms with Gasteiger partial charge in [-0.15, -0.1) is 0 Å². The summed E-state index contributed by atoms with van der Waals surface area (Å²) in [5.41, 5.74) is 1.07. The van der Waals surface area contributed by atoms with E-state index in [4.69, 9.17) is 16.7 Å². The van der Waals surface area contributed by atoms with Crippen LogP contribution in [-0.2, 0) is 6.54 Å². The van der Waals surface area contributed by atoms with Gasteiger partial charge >= 0.3 is 0 Å². The molecule has 0 amide bonds. The number of aromatic hydroxyl groups is 1. The van der Waals surface area contributed by atoms with Gasteiger partial charge in [0, 0.05) is 13.2 Å². The first-order chi connectivity index (χ1) is 8.24. The van der Waals surface area contributed by atoms with Gasteiger partial charge in [0.15, 0.2) is 0 Å². The predicted octanol–water partition coefficient (Wildman–Crippen LogP) is 2.69. The van der Waals surface area contributed by atoms with Crippen LogP contribution >= 0.6 is 11.6 Å². The molecule has 1 rings (SSSR count). The van der Waals surface area contributed by atoms with Crippen LogP contribution in [0.25, 0.3) is 0 Å². The lowest BCUT2D eigenvalue weighted by Crippen LogP contribution is -2.14. The zero-order valence-corrected chi connectivity index (χ0v) is 10.7. The van der Waals surface area contributed by atoms with Crippen molar-refractivity contribution in [1.82, 2.24) is 5.32 Å². The predicted molar refractivity (Wildman–Crippen MR) is 70.4 cm³/mol. The Bertz CT molecular complexity index is 331. The highest BCUT2D eigenvalue weighted by Crippen LogP contribution is 2.23. The van der Waals surface area contributed by atoms with Crippen LogP contribution in [0.1, 0.15) is 31.2 Å². The van der Waals surface area contributed by atoms with Gasteiger partial charge in [0.05, 0.1) is 5.02 Å². The first kappa shape index (κ1) is 14.3. The van der Waals surface area contributed by atoms with Crippen LogP contribution in [0.3, 0.4) is 0 Å². The van der Waals surface area contributed by atoms with Gasteiger partial charge in [-0.05, 0) is 37.1 Å². The van der Waals surface area contributed by atoms with E-state index in [2.05, 4.69) is 5.32 Å². The van der Waals surface area contributed by atoms with E-state index in [1.54, 1.807) is 12.1 Å². The molecule has 3 nitrogen and oxygen atoms in total. The summed E-state index contributed by atoms with van der Waals surface area (Å²) in [4.78, 5) is 0. The van der Waals surface area contributed by atoms with E-state index >= 15 is 0 Å². The van der Waals surface area contributed by atoms with Crippen LogP contribution in [0.15, 0.2) is 18.2 Å². The molecule has 0 saturated carbocycles. The Labute approximate surface area is 107 Å². The standard InChI is InChI=1S/C13H20ClNO2/c14-12-9-11(5-6-13(12)17)10-15-7-3-1-2-4-8-16/h5-6,9,15-17H,1-4,7-8,10H2. The number of rotatable bonds is 8. The molecule has 0 aromatic heterocycles. The van der Waals surface area contributed by atoms with Crippen LogP contribution in [0.4, 0.5) is 0 Å². The summed E-state index contributed by atoms with van der Waals surface area (Å²) < 4.78 is 0. The lowest BCUT2D eigenvalue weighted by atomic mass is 10.2. The molecule has 96 valence electrons. The number of nitrogens with one attached hydrogen (secondary N) is 1. The molecule has 0 aliphatic rings. The molecule has 4 heteroatoms. The summed E-state index contributed by atoms with van der Waals surface area (Å²) in [6.45, 7) is 2.02. The molecule has 0 fully saturated rings. The second kappa shape index (κ2) is 8.34. The van der Waals surface area contributed by atoms with Crippen LogP contribution in [-0.4, -0.2) is 23.4 Å². The lowest BCUT2D eigenvalue weighted by molar-refractivity contribution is 0.282. The molecule has 1 aromatic carbocycles. The first-order valence-electron chi connectivity index (χ1n) is 6.03. The summed E-state index contributed by atoms with van der Waals surface area (Å²) in [7, 11) is 0. The highest BCUT2D eigenvalue weighted by atomic mass is 35.5. The van der Waals surface area contributed by atoms with E-state index in [-0.39, 0.29) is 5.75 Å². The molecule has 0 bridgehead atoms. The van der Waals surface area contributed by atoms with Gasteiger partial charge in [0.1, 0.15) is 5.75 Å². The van der Waals surface area contributed by atoms with Crippen molar-refractivity contribution < 1.29 is 10.2 Å². The van der Waals surface area contributed by atoms with E-state index < -0.39 is 0 Å². The molecule has 0 atom stereocenters. The summed E-state index contributed by atoms with van der Waals surface area (Å²) in [5, 5.41) is 21.6. The Hall–Kier alpha value is -0.770. The number of halogens is 1. The van der Waals surface area contributed by atoms with Crippen molar-refractivity contribution >= 4 is 11.6 Å². The second-order valence-electron chi connectivity index (χ2n) is 4.10. The van der Waals surface area contributed by atoms with Crippen molar-refractivity contribution in [3.63, 3.8) is 0 Å². The Morgan fingerprint density at radius 3 is 2.59 bits per heavy atom. The molecule has 0 spiro atoms. The highest BCUT2D eigenvalue weighted by Gasteiger charge is 1.99. The Balaban J connectivity index is 2.11. The van der Waals surface area contributed by atoms with Gasteiger partial charge in [0.25, 0.3) is 0 Å². The summed E-state index contributed by atoms with van der Waals surface area (Å²) in [6.07, 6.45) is 4.24. The van der Waals surface area contributed by atoms with Crippen molar-refractivity contribution in [2.24, 2.45) is 0 Å². The van der Waals surface area contributed by atoms with Gasteiger partial charge in [-0.25, -0.2) is 0 Å². The molecule has 1 aromatic rings. The molecule has 0 unspecified atom stereocenters. The monoisotopic (exact) mass is 257 g/mol. The number of hydrogen-bond acceptors (Lipinski definition) is 3. The maximum Gasteiger partial charge on any atom is 0.134 e. The Morgan fingerprint density at radius 1 is 1.12 bits per heavy atom. The number of hydrogen-bond donors (Lipinski definition) is 3. The zero-order chi connectivity index (χ0) is 12.5. The van der Waals surface area contributed by atoms with Gasteiger partial charge in [-0.3, -0.25) is 0 Å². The first-order valence-corrected chi connectivity index (χ1v) is 6.41. The fourth-order valence-corrected chi connectivity index (χ4v) is 1.81. The van der Waals surface area contributed by atoms with Gasteiger partial charge in [-0.2, -0.15) is 0 Å². The van der Waals surface area contributed by atoms with Gasteiger partial charge in [-0.1, -0.05) is 30.5 Å². The third kappa shape index (κ3) is 5.91. The number of aliphatic hydroxyl groups excluding tert-OH is 1. The number of phenolic OH excluding ortho intramolecular Hbond substituents is 1. The highest BCUT2D eigenvalue weighted by molar-refractivity contribution is 6.32. The molecular weight excluding hydrogens is 238 g/mol. The van der Waals surface area contributed by atoms with Crippen molar-refractivity contribution in [2.45, 2.75) is 32.2 Å². The quantitative estimate of drug-likeness (QED) is 0.628. The second-order valence-corrected chi connectivity index (χ2v) is 4.51. The minimum absolute atomic E-state index is 0.124. The van der Waals surface area contributed by atoms with E-state index in [9.17, 15) is 5.11 Å². The number of phenols is 1. The van der Waals surface area contributed by atoms with E-state index in [0.29, 0.717) is 11.6 Å². The normalized spacial score (nSPS) is 10.7.